The zero-order valence-corrected chi connectivity index (χ0v) is 19.1. The smallest absolute Gasteiger partial charge is 0.378 e. The number of nitrogens with zero attached hydrogens (tertiary/aromatic N) is 7. The second-order valence-corrected chi connectivity index (χ2v) is 9.97. The Labute approximate surface area is 191 Å². The number of anilines is 1. The molecular formula is C20H20F3N7O3S. The van der Waals surface area contributed by atoms with Crippen LogP contribution in [0.15, 0.2) is 29.6 Å². The van der Waals surface area contributed by atoms with Crippen molar-refractivity contribution in [2.75, 3.05) is 37.0 Å². The number of rotatable bonds is 4. The highest BCUT2D eigenvalue weighted by atomic mass is 32.2. The average Bonchev–Trinajstić information content (AvgIpc) is 3.37. The molecule has 0 unspecified atom stereocenters. The van der Waals surface area contributed by atoms with E-state index < -0.39 is 21.6 Å². The van der Waals surface area contributed by atoms with E-state index in [1.165, 1.54) is 22.2 Å². The predicted octanol–water partition coefficient (Wildman–Crippen LogP) is 2.33. The van der Waals surface area contributed by atoms with Crippen molar-refractivity contribution in [2.24, 2.45) is 7.05 Å². The van der Waals surface area contributed by atoms with E-state index in [1.54, 1.807) is 13.1 Å². The molecule has 14 heteroatoms. The van der Waals surface area contributed by atoms with Crippen LogP contribution in [-0.4, -0.2) is 69.6 Å². The van der Waals surface area contributed by atoms with Gasteiger partial charge in [-0.3, -0.25) is 0 Å². The zero-order chi connectivity index (χ0) is 24.3. The summed E-state index contributed by atoms with van der Waals surface area (Å²) in [4.78, 5) is 14.6. The van der Waals surface area contributed by atoms with Gasteiger partial charge in [-0.1, -0.05) is 6.92 Å². The van der Waals surface area contributed by atoms with Crippen molar-refractivity contribution in [3.63, 3.8) is 0 Å². The van der Waals surface area contributed by atoms with Crippen LogP contribution in [0.2, 0.25) is 0 Å². The number of hydrogen-bond donors (Lipinski definition) is 0. The van der Waals surface area contributed by atoms with Crippen LogP contribution in [0.25, 0.3) is 28.2 Å². The van der Waals surface area contributed by atoms with Gasteiger partial charge in [0.1, 0.15) is 22.7 Å². The molecule has 5 heterocycles. The summed E-state index contributed by atoms with van der Waals surface area (Å²) in [6.07, 6.45) is -2.33. The summed E-state index contributed by atoms with van der Waals surface area (Å²) >= 11 is 0. The lowest BCUT2D eigenvalue weighted by Gasteiger charge is -2.28. The Morgan fingerprint density at radius 2 is 1.88 bits per heavy atom. The highest BCUT2D eigenvalue weighted by Gasteiger charge is 2.33. The molecule has 1 fully saturated rings. The Balaban J connectivity index is 1.80. The molecule has 180 valence electrons. The SMILES string of the molecule is CCS(=O)(=O)c1nn2c(N3CCOCC3)ccnc2c1-c1nc2cc(C(F)(F)F)cnc2n1C. The maximum Gasteiger partial charge on any atom is 0.417 e. The number of ether oxygens (including phenoxy) is 1. The first-order valence-corrected chi connectivity index (χ1v) is 12.1. The van der Waals surface area contributed by atoms with Gasteiger partial charge in [0.05, 0.1) is 24.5 Å². The van der Waals surface area contributed by atoms with Crippen molar-refractivity contribution in [1.82, 2.24) is 29.1 Å². The molecule has 10 nitrogen and oxygen atoms in total. The molecule has 0 aliphatic carbocycles. The third kappa shape index (κ3) is 3.57. The first-order chi connectivity index (χ1) is 16.1. The quantitative estimate of drug-likeness (QED) is 0.425. The number of pyridine rings is 1. The molecule has 0 saturated carbocycles. The Kier molecular flexibility index (Phi) is 5.24. The van der Waals surface area contributed by atoms with E-state index in [0.717, 1.165) is 12.3 Å². The van der Waals surface area contributed by atoms with E-state index in [4.69, 9.17) is 4.74 Å². The maximum absolute atomic E-state index is 13.2. The molecule has 5 rings (SSSR count). The average molecular weight is 495 g/mol. The fraction of sp³-hybridized carbons (Fsp3) is 0.400. The minimum atomic E-state index is -4.59. The molecule has 1 aliphatic heterocycles. The molecule has 0 atom stereocenters. The van der Waals surface area contributed by atoms with Crippen LogP contribution in [-0.2, 0) is 27.8 Å². The fourth-order valence-electron chi connectivity index (χ4n) is 3.95. The third-order valence-electron chi connectivity index (χ3n) is 5.74. The lowest BCUT2D eigenvalue weighted by molar-refractivity contribution is -0.137. The number of imidazole rings is 1. The fourth-order valence-corrected chi connectivity index (χ4v) is 4.92. The van der Waals surface area contributed by atoms with E-state index >= 15 is 0 Å². The predicted molar refractivity (Wildman–Crippen MR) is 116 cm³/mol. The Morgan fingerprint density at radius 1 is 1.15 bits per heavy atom. The van der Waals surface area contributed by atoms with Gasteiger partial charge in [0, 0.05) is 32.5 Å². The number of fused-ring (bicyclic) bond motifs is 2. The monoisotopic (exact) mass is 495 g/mol. The first-order valence-electron chi connectivity index (χ1n) is 10.4. The molecule has 0 bridgehead atoms. The van der Waals surface area contributed by atoms with Gasteiger partial charge < -0.3 is 14.2 Å². The molecule has 4 aromatic rings. The second kappa shape index (κ2) is 7.91. The topological polar surface area (TPSA) is 108 Å². The molecule has 4 aromatic heterocycles. The largest absolute Gasteiger partial charge is 0.417 e. The van der Waals surface area contributed by atoms with Crippen molar-refractivity contribution in [1.29, 1.82) is 0 Å². The highest BCUT2D eigenvalue weighted by Crippen LogP contribution is 2.35. The van der Waals surface area contributed by atoms with Crippen molar-refractivity contribution in [2.45, 2.75) is 18.1 Å². The number of halogens is 3. The van der Waals surface area contributed by atoms with Crippen LogP contribution in [0.1, 0.15) is 12.5 Å². The van der Waals surface area contributed by atoms with Gasteiger partial charge >= 0.3 is 6.18 Å². The molecule has 0 N–H and O–H groups in total. The van der Waals surface area contributed by atoms with Gasteiger partial charge in [0.25, 0.3) is 0 Å². The van der Waals surface area contributed by atoms with Gasteiger partial charge in [0.15, 0.2) is 26.2 Å². The van der Waals surface area contributed by atoms with Gasteiger partial charge in [-0.2, -0.15) is 22.8 Å². The second-order valence-electron chi connectivity index (χ2n) is 7.78. The number of aromatic nitrogens is 6. The molecule has 0 spiro atoms. The lowest BCUT2D eigenvalue weighted by atomic mass is 10.2. The van der Waals surface area contributed by atoms with Crippen molar-refractivity contribution < 1.29 is 26.3 Å². The van der Waals surface area contributed by atoms with Gasteiger partial charge in [-0.15, -0.1) is 0 Å². The zero-order valence-electron chi connectivity index (χ0n) is 18.2. The van der Waals surface area contributed by atoms with Crippen molar-refractivity contribution >= 4 is 32.5 Å². The van der Waals surface area contributed by atoms with Crippen molar-refractivity contribution in [3.8, 4) is 11.4 Å². The lowest BCUT2D eigenvalue weighted by Crippen LogP contribution is -2.37. The van der Waals surface area contributed by atoms with Crippen LogP contribution in [0, 0.1) is 0 Å². The Hall–Kier alpha value is -3.26. The molecule has 0 aromatic carbocycles. The number of aryl methyl sites for hydroxylation is 1. The summed E-state index contributed by atoms with van der Waals surface area (Å²) in [5, 5.41) is 4.17. The number of sulfone groups is 1. The van der Waals surface area contributed by atoms with E-state index in [0.29, 0.717) is 32.1 Å². The van der Waals surface area contributed by atoms with E-state index in [1.807, 2.05) is 4.90 Å². The van der Waals surface area contributed by atoms with Crippen LogP contribution < -0.4 is 4.90 Å². The van der Waals surface area contributed by atoms with Crippen molar-refractivity contribution in [3.05, 3.63) is 30.1 Å². The van der Waals surface area contributed by atoms with Gasteiger partial charge in [0.2, 0.25) is 0 Å². The summed E-state index contributed by atoms with van der Waals surface area (Å²) in [6, 6.07) is 2.61. The summed E-state index contributed by atoms with van der Waals surface area (Å²) in [5.41, 5.74) is -0.447. The van der Waals surface area contributed by atoms with Crippen LogP contribution >= 0.6 is 0 Å². The normalized spacial score (nSPS) is 15.5. The Morgan fingerprint density at radius 3 is 2.56 bits per heavy atom. The minimum absolute atomic E-state index is 0.0177. The summed E-state index contributed by atoms with van der Waals surface area (Å²) in [5.74, 6) is 0.510. The number of morpholine rings is 1. The van der Waals surface area contributed by atoms with E-state index in [2.05, 4.69) is 20.1 Å². The van der Waals surface area contributed by atoms with E-state index in [9.17, 15) is 21.6 Å². The number of hydrogen-bond acceptors (Lipinski definition) is 8. The third-order valence-corrected chi connectivity index (χ3v) is 7.37. The van der Waals surface area contributed by atoms with Gasteiger partial charge in [-0.05, 0) is 12.1 Å². The molecule has 34 heavy (non-hydrogen) atoms. The molecule has 0 amide bonds. The molecule has 1 saturated heterocycles. The number of alkyl halides is 3. The van der Waals surface area contributed by atoms with Crippen LogP contribution in [0.3, 0.4) is 0 Å². The summed E-state index contributed by atoms with van der Waals surface area (Å²) in [6.45, 7) is 3.68. The first kappa shape index (κ1) is 22.5. The van der Waals surface area contributed by atoms with Gasteiger partial charge in [-0.25, -0.2) is 23.4 Å². The maximum atomic E-state index is 13.2. The molecule has 1 aliphatic rings. The standard InChI is InChI=1S/C20H20F3N7O3S/c1-3-34(31,32)19-15(17-24-5-4-14(30(17)27-19)29-6-8-33-9-7-29)18-26-13-10-12(20(21,22)23)11-25-16(13)28(18)2/h4-5,10-11H,3,6-9H2,1-2H3. The minimum Gasteiger partial charge on any atom is -0.378 e. The molecule has 0 radical (unpaired) electrons. The summed E-state index contributed by atoms with van der Waals surface area (Å²) < 4.78 is 73.9. The highest BCUT2D eigenvalue weighted by molar-refractivity contribution is 7.91. The summed E-state index contributed by atoms with van der Waals surface area (Å²) in [7, 11) is -2.28. The van der Waals surface area contributed by atoms with Crippen LogP contribution in [0.4, 0.5) is 19.0 Å². The molecular weight excluding hydrogens is 475 g/mol. The Bertz CT molecular complexity index is 1510. The van der Waals surface area contributed by atoms with Crippen LogP contribution in [0.5, 0.6) is 0 Å². The van der Waals surface area contributed by atoms with E-state index in [-0.39, 0.29) is 39.0 Å².